The number of nitrogens with one attached hydrogen (secondary N) is 3. The van der Waals surface area contributed by atoms with Crippen LogP contribution in [0.3, 0.4) is 0 Å². The molecule has 10 heteroatoms. The lowest BCUT2D eigenvalue weighted by molar-refractivity contribution is -0.103. The van der Waals surface area contributed by atoms with Crippen LogP contribution < -0.4 is 20.7 Å². The van der Waals surface area contributed by atoms with Crippen molar-refractivity contribution in [3.8, 4) is 5.75 Å². The van der Waals surface area contributed by atoms with Gasteiger partial charge in [0.25, 0.3) is 0 Å². The van der Waals surface area contributed by atoms with Crippen molar-refractivity contribution < 1.29 is 22.7 Å². The van der Waals surface area contributed by atoms with Gasteiger partial charge < -0.3 is 20.7 Å². The highest BCUT2D eigenvalue weighted by Gasteiger charge is 2.44. The minimum atomic E-state index is -4.52. The van der Waals surface area contributed by atoms with E-state index in [-0.39, 0.29) is 6.54 Å². The van der Waals surface area contributed by atoms with Gasteiger partial charge in [0.1, 0.15) is 17.1 Å². The number of halogens is 3. The Balaban J connectivity index is 1.52. The number of aromatic nitrogens is 1. The number of hydrogen-bond donors (Lipinski definition) is 3. The first-order chi connectivity index (χ1) is 16.2. The van der Waals surface area contributed by atoms with Crippen LogP contribution in [-0.2, 0) is 0 Å². The summed E-state index contributed by atoms with van der Waals surface area (Å²) in [6.45, 7) is 3.34. The second-order valence-corrected chi connectivity index (χ2v) is 8.70. The Hall–Kier alpha value is -3.27. The van der Waals surface area contributed by atoms with Crippen molar-refractivity contribution in [1.29, 1.82) is 0 Å². The number of carbonyl (C=O) groups is 1. The van der Waals surface area contributed by atoms with E-state index in [2.05, 4.69) is 27.9 Å². The summed E-state index contributed by atoms with van der Waals surface area (Å²) in [5.41, 5.74) is -1.49. The van der Waals surface area contributed by atoms with Gasteiger partial charge in [-0.2, -0.15) is 13.2 Å². The third-order valence-corrected chi connectivity index (χ3v) is 6.40. The number of dihydropyridines is 1. The molecule has 0 spiro atoms. The van der Waals surface area contributed by atoms with Gasteiger partial charge in [0.05, 0.1) is 19.3 Å². The number of urea groups is 1. The van der Waals surface area contributed by atoms with Crippen LogP contribution in [0.1, 0.15) is 19.8 Å². The molecule has 2 aliphatic heterocycles. The zero-order valence-electron chi connectivity index (χ0n) is 19.1. The SMILES string of the molecule is COc1ccc(NC(=O)NCC2(N3CCC(C)CC3)C=CC=C(C(F)(F)F)N2)c2cnccc12. The molecule has 3 N–H and O–H groups in total. The highest BCUT2D eigenvalue weighted by Crippen LogP contribution is 2.33. The molecule has 0 aliphatic carbocycles. The van der Waals surface area contributed by atoms with Gasteiger partial charge in [-0.3, -0.25) is 9.88 Å². The molecule has 7 nitrogen and oxygen atoms in total. The molecule has 1 saturated heterocycles. The fourth-order valence-electron chi connectivity index (χ4n) is 4.42. The summed E-state index contributed by atoms with van der Waals surface area (Å²) in [6, 6.07) is 4.69. The summed E-state index contributed by atoms with van der Waals surface area (Å²) >= 11 is 0. The molecule has 0 saturated carbocycles. The highest BCUT2D eigenvalue weighted by molar-refractivity contribution is 6.03. The van der Waals surface area contributed by atoms with E-state index in [9.17, 15) is 18.0 Å². The molecule has 1 aromatic carbocycles. The molecule has 1 unspecified atom stereocenters. The summed E-state index contributed by atoms with van der Waals surface area (Å²) in [6.07, 6.45) is 4.59. The van der Waals surface area contributed by atoms with Crippen molar-refractivity contribution in [3.05, 3.63) is 54.5 Å². The molecule has 4 rings (SSSR count). The lowest BCUT2D eigenvalue weighted by Gasteiger charge is -2.47. The van der Waals surface area contributed by atoms with Gasteiger partial charge in [0, 0.05) is 36.3 Å². The number of benzene rings is 1. The Kier molecular flexibility index (Phi) is 6.70. The van der Waals surface area contributed by atoms with E-state index in [1.807, 2.05) is 4.90 Å². The van der Waals surface area contributed by atoms with E-state index in [1.165, 1.54) is 6.08 Å². The number of piperidine rings is 1. The van der Waals surface area contributed by atoms with Crippen molar-refractivity contribution in [1.82, 2.24) is 20.5 Å². The third-order valence-electron chi connectivity index (χ3n) is 6.40. The first-order valence-electron chi connectivity index (χ1n) is 11.2. The van der Waals surface area contributed by atoms with Crippen LogP contribution in [0.25, 0.3) is 10.8 Å². The zero-order valence-corrected chi connectivity index (χ0v) is 19.1. The maximum absolute atomic E-state index is 13.5. The molecule has 0 radical (unpaired) electrons. The summed E-state index contributed by atoms with van der Waals surface area (Å²) < 4.78 is 45.9. The van der Waals surface area contributed by atoms with E-state index >= 15 is 0 Å². The number of amides is 2. The summed E-state index contributed by atoms with van der Waals surface area (Å²) in [7, 11) is 1.56. The monoisotopic (exact) mass is 475 g/mol. The first-order valence-corrected chi connectivity index (χ1v) is 11.2. The van der Waals surface area contributed by atoms with Gasteiger partial charge >= 0.3 is 12.2 Å². The summed E-state index contributed by atoms with van der Waals surface area (Å²) in [4.78, 5) is 18.9. The zero-order chi connectivity index (χ0) is 24.3. The maximum Gasteiger partial charge on any atom is 0.430 e. The van der Waals surface area contributed by atoms with Gasteiger partial charge in [0.15, 0.2) is 0 Å². The van der Waals surface area contributed by atoms with Crippen molar-refractivity contribution >= 4 is 22.5 Å². The molecule has 1 atom stereocenters. The van der Waals surface area contributed by atoms with Crippen LogP contribution in [-0.4, -0.2) is 54.5 Å². The van der Waals surface area contributed by atoms with Gasteiger partial charge in [-0.1, -0.05) is 13.0 Å². The lowest BCUT2D eigenvalue weighted by Crippen LogP contribution is -2.66. The minimum Gasteiger partial charge on any atom is -0.496 e. The van der Waals surface area contributed by atoms with Crippen LogP contribution in [0.4, 0.5) is 23.7 Å². The van der Waals surface area contributed by atoms with Gasteiger partial charge in [-0.25, -0.2) is 4.79 Å². The van der Waals surface area contributed by atoms with E-state index in [0.29, 0.717) is 35.8 Å². The van der Waals surface area contributed by atoms with Crippen molar-refractivity contribution in [3.63, 3.8) is 0 Å². The lowest BCUT2D eigenvalue weighted by atomic mass is 9.94. The molecule has 1 fully saturated rings. The molecule has 2 aliphatic rings. The summed E-state index contributed by atoms with van der Waals surface area (Å²) in [5, 5.41) is 9.69. The highest BCUT2D eigenvalue weighted by atomic mass is 19.4. The number of hydrogen-bond acceptors (Lipinski definition) is 5. The molecule has 1 aromatic heterocycles. The molecule has 34 heavy (non-hydrogen) atoms. The van der Waals surface area contributed by atoms with Crippen LogP contribution in [0.2, 0.25) is 0 Å². The number of allylic oxidation sites excluding steroid dienone is 3. The van der Waals surface area contributed by atoms with E-state index in [1.54, 1.807) is 43.8 Å². The van der Waals surface area contributed by atoms with Crippen LogP contribution in [0.15, 0.2) is 54.5 Å². The van der Waals surface area contributed by atoms with Gasteiger partial charge in [-0.05, 0) is 49.1 Å². The smallest absolute Gasteiger partial charge is 0.430 e. The number of methoxy groups -OCH3 is 1. The number of likely N-dealkylation sites (tertiary alicyclic amines) is 1. The maximum atomic E-state index is 13.5. The van der Waals surface area contributed by atoms with E-state index in [0.717, 1.165) is 24.3 Å². The standard InChI is InChI=1S/C24H28F3N5O2/c1-16-8-12-32(13-9-16)23(10-3-4-21(31-23)24(25,26)27)15-29-22(33)30-19-5-6-20(34-2)17-7-11-28-14-18(17)19/h3-7,10-11,14,16,31H,8-9,12-13,15H2,1-2H3,(H2,29,30,33). The van der Waals surface area contributed by atoms with Crippen LogP contribution >= 0.6 is 0 Å². The molecule has 182 valence electrons. The van der Waals surface area contributed by atoms with Crippen LogP contribution in [0, 0.1) is 5.92 Å². The second kappa shape index (κ2) is 9.54. The van der Waals surface area contributed by atoms with Crippen molar-refractivity contribution in [2.75, 3.05) is 32.1 Å². The number of fused-ring (bicyclic) bond motifs is 1. The average Bonchev–Trinajstić information content (AvgIpc) is 2.83. The number of alkyl halides is 3. The fraction of sp³-hybridized carbons (Fsp3) is 0.417. The molecular formula is C24H28F3N5O2. The van der Waals surface area contributed by atoms with Gasteiger partial charge in [-0.15, -0.1) is 0 Å². The predicted molar refractivity (Wildman–Crippen MR) is 124 cm³/mol. The average molecular weight is 476 g/mol. The number of rotatable bonds is 5. The summed E-state index contributed by atoms with van der Waals surface area (Å²) in [5.74, 6) is 1.15. The third kappa shape index (κ3) is 4.96. The van der Waals surface area contributed by atoms with E-state index in [4.69, 9.17) is 4.74 Å². The number of anilines is 1. The minimum absolute atomic E-state index is 0.0521. The normalized spacial score (nSPS) is 21.6. The Morgan fingerprint density at radius 3 is 2.74 bits per heavy atom. The Morgan fingerprint density at radius 1 is 1.26 bits per heavy atom. The molecule has 2 aromatic rings. The quantitative estimate of drug-likeness (QED) is 0.598. The first kappa shape index (κ1) is 23.9. The molecule has 0 bridgehead atoms. The largest absolute Gasteiger partial charge is 0.496 e. The molecule has 2 amide bonds. The molecule has 3 heterocycles. The van der Waals surface area contributed by atoms with Crippen molar-refractivity contribution in [2.24, 2.45) is 5.92 Å². The van der Waals surface area contributed by atoms with Gasteiger partial charge in [0.2, 0.25) is 0 Å². The number of pyridine rings is 1. The number of ether oxygens (including phenoxy) is 1. The van der Waals surface area contributed by atoms with Crippen LogP contribution in [0.5, 0.6) is 5.75 Å². The number of nitrogens with zero attached hydrogens (tertiary/aromatic N) is 2. The topological polar surface area (TPSA) is 78.5 Å². The van der Waals surface area contributed by atoms with E-state index < -0.39 is 23.6 Å². The van der Waals surface area contributed by atoms with Crippen molar-refractivity contribution in [2.45, 2.75) is 31.6 Å². The Bertz CT molecular complexity index is 1110. The second-order valence-electron chi connectivity index (χ2n) is 8.70. The Morgan fingerprint density at radius 2 is 2.03 bits per heavy atom. The fourth-order valence-corrected chi connectivity index (χ4v) is 4.42. The molecular weight excluding hydrogens is 447 g/mol. The Labute approximate surface area is 196 Å². The number of carbonyl (C=O) groups excluding carboxylic acids is 1. The predicted octanol–water partition coefficient (Wildman–Crippen LogP) is 4.40.